The highest BCUT2D eigenvalue weighted by atomic mass is 32.2. The molecule has 3 atom stereocenters. The third-order valence-corrected chi connectivity index (χ3v) is 5.37. The van der Waals surface area contributed by atoms with Crippen LogP contribution in [0.15, 0.2) is 24.3 Å². The number of nitriles is 1. The Morgan fingerprint density at radius 2 is 2.10 bits per heavy atom. The van der Waals surface area contributed by atoms with Crippen molar-refractivity contribution in [3.63, 3.8) is 0 Å². The van der Waals surface area contributed by atoms with Gasteiger partial charge in [0.1, 0.15) is 0 Å². The molecule has 1 aromatic rings. The highest BCUT2D eigenvalue weighted by Gasteiger charge is 2.24. The van der Waals surface area contributed by atoms with E-state index in [2.05, 4.69) is 18.3 Å². The fourth-order valence-corrected chi connectivity index (χ4v) is 4.23. The smallest absolute Gasteiger partial charge is 0.237 e. The first-order valence-corrected chi connectivity index (χ1v) is 8.49. The molecule has 3 nitrogen and oxygen atoms in total. The molecule has 0 saturated heterocycles. The molecule has 1 aliphatic carbocycles. The molecule has 1 saturated carbocycles. The van der Waals surface area contributed by atoms with Crippen LogP contribution < -0.4 is 5.32 Å². The minimum atomic E-state index is -0.0454. The molecule has 1 aliphatic rings. The highest BCUT2D eigenvalue weighted by molar-refractivity contribution is 8.01. The van der Waals surface area contributed by atoms with Gasteiger partial charge in [0.05, 0.1) is 16.9 Å². The number of thioether (sulfide) groups is 1. The Hall–Kier alpha value is -1.47. The van der Waals surface area contributed by atoms with Crippen LogP contribution in [0.25, 0.3) is 0 Å². The lowest BCUT2D eigenvalue weighted by molar-refractivity contribution is -0.115. The summed E-state index contributed by atoms with van der Waals surface area (Å²) in [6, 6.07) is 9.06. The second kappa shape index (κ2) is 7.51. The zero-order valence-electron chi connectivity index (χ0n) is 12.6. The van der Waals surface area contributed by atoms with Gasteiger partial charge in [-0.15, -0.1) is 11.8 Å². The Balaban J connectivity index is 1.85. The summed E-state index contributed by atoms with van der Waals surface area (Å²) in [4.78, 5) is 12.2. The van der Waals surface area contributed by atoms with Crippen molar-refractivity contribution in [2.75, 3.05) is 5.32 Å². The second-order valence-electron chi connectivity index (χ2n) is 5.85. The van der Waals surface area contributed by atoms with Crippen molar-refractivity contribution in [2.45, 2.75) is 50.0 Å². The molecule has 3 unspecified atom stereocenters. The minimum absolute atomic E-state index is 0.0444. The highest BCUT2D eigenvalue weighted by Crippen LogP contribution is 2.34. The molecule has 0 heterocycles. The van der Waals surface area contributed by atoms with Crippen molar-refractivity contribution in [3.05, 3.63) is 29.8 Å². The maximum atomic E-state index is 12.2. The van der Waals surface area contributed by atoms with Crippen molar-refractivity contribution in [1.29, 1.82) is 5.26 Å². The summed E-state index contributed by atoms with van der Waals surface area (Å²) in [5.74, 6) is 0.827. The van der Waals surface area contributed by atoms with Crippen molar-refractivity contribution >= 4 is 23.4 Å². The van der Waals surface area contributed by atoms with E-state index in [4.69, 9.17) is 5.26 Å². The molecular formula is C17H22N2OS. The molecule has 0 radical (unpaired) electrons. The lowest BCUT2D eigenvalue weighted by Gasteiger charge is -2.28. The molecule has 1 N–H and O–H groups in total. The van der Waals surface area contributed by atoms with Crippen LogP contribution in [0.1, 0.15) is 45.1 Å². The van der Waals surface area contributed by atoms with Gasteiger partial charge in [-0.3, -0.25) is 4.79 Å². The summed E-state index contributed by atoms with van der Waals surface area (Å²) < 4.78 is 0. The first kappa shape index (κ1) is 15.9. The normalized spacial score (nSPS) is 23.1. The van der Waals surface area contributed by atoms with Crippen LogP contribution in [0.2, 0.25) is 0 Å². The van der Waals surface area contributed by atoms with E-state index in [-0.39, 0.29) is 11.2 Å². The molecule has 112 valence electrons. The van der Waals surface area contributed by atoms with E-state index in [9.17, 15) is 4.79 Å². The average Bonchev–Trinajstić information content (AvgIpc) is 2.48. The van der Waals surface area contributed by atoms with E-state index >= 15 is 0 Å². The molecule has 0 bridgehead atoms. The molecule has 4 heteroatoms. The Labute approximate surface area is 131 Å². The molecular weight excluding hydrogens is 280 g/mol. The van der Waals surface area contributed by atoms with Crippen LogP contribution in [0.5, 0.6) is 0 Å². The van der Waals surface area contributed by atoms with Gasteiger partial charge >= 0.3 is 0 Å². The van der Waals surface area contributed by atoms with E-state index in [0.717, 1.165) is 11.6 Å². The quantitative estimate of drug-likeness (QED) is 0.907. The number of nitrogens with one attached hydrogen (secondary N) is 1. The predicted molar refractivity (Wildman–Crippen MR) is 88.3 cm³/mol. The van der Waals surface area contributed by atoms with E-state index in [0.29, 0.717) is 10.8 Å². The fourth-order valence-electron chi connectivity index (χ4n) is 2.72. The van der Waals surface area contributed by atoms with Crippen LogP contribution in [-0.4, -0.2) is 16.4 Å². The minimum Gasteiger partial charge on any atom is -0.325 e. The number of benzene rings is 1. The number of carbonyl (C=O) groups is 1. The third kappa shape index (κ3) is 4.78. The van der Waals surface area contributed by atoms with Gasteiger partial charge in [0, 0.05) is 10.9 Å². The monoisotopic (exact) mass is 302 g/mol. The van der Waals surface area contributed by atoms with Gasteiger partial charge in [0.2, 0.25) is 5.91 Å². The molecule has 1 aromatic carbocycles. The Morgan fingerprint density at radius 3 is 2.71 bits per heavy atom. The first-order valence-electron chi connectivity index (χ1n) is 7.55. The number of nitrogens with zero attached hydrogens (tertiary/aromatic N) is 1. The number of carbonyl (C=O) groups excluding carboxylic acids is 1. The summed E-state index contributed by atoms with van der Waals surface area (Å²) in [6.45, 7) is 4.27. The summed E-state index contributed by atoms with van der Waals surface area (Å²) in [5.41, 5.74) is 1.36. The van der Waals surface area contributed by atoms with Gasteiger partial charge in [0.25, 0.3) is 0 Å². The van der Waals surface area contributed by atoms with Gasteiger partial charge in [0.15, 0.2) is 0 Å². The summed E-state index contributed by atoms with van der Waals surface area (Å²) in [6.07, 6.45) is 5.05. The maximum absolute atomic E-state index is 12.2. The number of amides is 1. The van der Waals surface area contributed by atoms with Gasteiger partial charge in [-0.1, -0.05) is 19.8 Å². The molecule has 1 fully saturated rings. The predicted octanol–water partition coefficient (Wildman–Crippen LogP) is 4.20. The number of hydrogen-bond acceptors (Lipinski definition) is 3. The lowest BCUT2D eigenvalue weighted by Crippen LogP contribution is -2.26. The van der Waals surface area contributed by atoms with Gasteiger partial charge in [-0.05, 0) is 49.9 Å². The molecule has 21 heavy (non-hydrogen) atoms. The van der Waals surface area contributed by atoms with E-state index in [1.54, 1.807) is 36.0 Å². The molecule has 0 spiro atoms. The maximum Gasteiger partial charge on any atom is 0.237 e. The molecule has 1 amide bonds. The molecule has 2 rings (SSSR count). The zero-order chi connectivity index (χ0) is 15.2. The first-order chi connectivity index (χ1) is 10.1. The van der Waals surface area contributed by atoms with Crippen LogP contribution in [0, 0.1) is 17.2 Å². The van der Waals surface area contributed by atoms with Crippen LogP contribution >= 0.6 is 11.8 Å². The van der Waals surface area contributed by atoms with Crippen LogP contribution in [0.4, 0.5) is 5.69 Å². The largest absolute Gasteiger partial charge is 0.325 e. The topological polar surface area (TPSA) is 52.9 Å². The van der Waals surface area contributed by atoms with Crippen molar-refractivity contribution in [2.24, 2.45) is 5.92 Å². The van der Waals surface area contributed by atoms with E-state index < -0.39 is 0 Å². The third-order valence-electron chi connectivity index (χ3n) is 3.94. The van der Waals surface area contributed by atoms with Gasteiger partial charge in [-0.25, -0.2) is 0 Å². The Bertz CT molecular complexity index is 521. The SMILES string of the molecule is CC1CCCC(SC(C)C(=O)Nc2ccc(C#N)cc2)C1. The summed E-state index contributed by atoms with van der Waals surface area (Å²) in [5, 5.41) is 12.2. The second-order valence-corrected chi connectivity index (χ2v) is 7.50. The lowest BCUT2D eigenvalue weighted by atomic mass is 9.91. The Kier molecular flexibility index (Phi) is 5.69. The number of anilines is 1. The Morgan fingerprint density at radius 1 is 1.38 bits per heavy atom. The molecule has 0 aromatic heterocycles. The number of hydrogen-bond donors (Lipinski definition) is 1. The molecule has 0 aliphatic heterocycles. The van der Waals surface area contributed by atoms with Crippen molar-refractivity contribution in [3.8, 4) is 6.07 Å². The average molecular weight is 302 g/mol. The summed E-state index contributed by atoms with van der Waals surface area (Å²) >= 11 is 1.79. The van der Waals surface area contributed by atoms with Gasteiger partial charge < -0.3 is 5.32 Å². The fraction of sp³-hybridized carbons (Fsp3) is 0.529. The zero-order valence-corrected chi connectivity index (χ0v) is 13.5. The van der Waals surface area contributed by atoms with Crippen LogP contribution in [0.3, 0.4) is 0 Å². The standard InChI is InChI=1S/C17H22N2OS/c1-12-4-3-5-16(10-12)21-13(2)17(20)19-15-8-6-14(11-18)7-9-15/h6-9,12-13,16H,3-5,10H2,1-2H3,(H,19,20). The van der Waals surface area contributed by atoms with Gasteiger partial charge in [-0.2, -0.15) is 5.26 Å². The van der Waals surface area contributed by atoms with Crippen molar-refractivity contribution in [1.82, 2.24) is 0 Å². The van der Waals surface area contributed by atoms with E-state index in [1.165, 1.54) is 25.7 Å². The van der Waals surface area contributed by atoms with E-state index in [1.807, 2.05) is 6.92 Å². The summed E-state index contributed by atoms with van der Waals surface area (Å²) in [7, 11) is 0. The number of rotatable bonds is 4. The van der Waals surface area contributed by atoms with Crippen molar-refractivity contribution < 1.29 is 4.79 Å². The van der Waals surface area contributed by atoms with Crippen LogP contribution in [-0.2, 0) is 4.79 Å².